The zero-order chi connectivity index (χ0) is 28.9. The minimum absolute atomic E-state index is 0.481. The third-order valence-electron chi connectivity index (χ3n) is 7.85. The Morgan fingerprint density at radius 2 is 1.00 bits per heavy atom. The molecule has 1 aliphatic heterocycles. The highest BCUT2D eigenvalue weighted by molar-refractivity contribution is 5.59. The fourth-order valence-electron chi connectivity index (χ4n) is 6.04. The summed E-state index contributed by atoms with van der Waals surface area (Å²) in [6, 6.07) is 19.1. The molecule has 5 heteroatoms. The van der Waals surface area contributed by atoms with E-state index in [1.54, 1.807) is 0 Å². The first kappa shape index (κ1) is 32.1. The molecule has 0 spiro atoms. The number of hydrogen-bond acceptors (Lipinski definition) is 5. The van der Waals surface area contributed by atoms with Crippen molar-refractivity contribution in [3.63, 3.8) is 0 Å². The van der Waals surface area contributed by atoms with Gasteiger partial charge in [-0.05, 0) is 93.5 Å². The van der Waals surface area contributed by atoms with Crippen molar-refractivity contribution < 1.29 is 0 Å². The summed E-state index contributed by atoms with van der Waals surface area (Å²) in [5, 5.41) is 7.36. The molecule has 3 rings (SSSR count). The Bertz CT molecular complexity index is 870. The molecule has 5 nitrogen and oxygen atoms in total. The Morgan fingerprint density at radius 1 is 0.575 bits per heavy atom. The minimum atomic E-state index is 0.481. The van der Waals surface area contributed by atoms with Crippen LogP contribution in [0, 0.1) is 11.8 Å². The van der Waals surface area contributed by atoms with Gasteiger partial charge in [0.1, 0.15) is 0 Å². The van der Waals surface area contributed by atoms with Gasteiger partial charge in [0.2, 0.25) is 0 Å². The van der Waals surface area contributed by atoms with Crippen LogP contribution < -0.4 is 20.4 Å². The van der Waals surface area contributed by atoms with Crippen LogP contribution in [0.2, 0.25) is 0 Å². The van der Waals surface area contributed by atoms with E-state index in [0.29, 0.717) is 23.9 Å². The number of unbranched alkanes of at least 4 members (excludes halogenated alkanes) is 5. The molecule has 1 heterocycles. The summed E-state index contributed by atoms with van der Waals surface area (Å²) in [6.07, 6.45) is 10.4. The van der Waals surface area contributed by atoms with Crippen LogP contribution in [-0.2, 0) is 0 Å². The molecule has 0 amide bonds. The molecule has 0 aromatic heterocycles. The fourth-order valence-corrected chi connectivity index (χ4v) is 6.04. The van der Waals surface area contributed by atoms with Crippen LogP contribution in [-0.4, -0.2) is 43.5 Å². The molecule has 2 N–H and O–H groups in total. The van der Waals surface area contributed by atoms with Crippen molar-refractivity contribution in [2.75, 3.05) is 47.0 Å². The predicted molar refractivity (Wildman–Crippen MR) is 178 cm³/mol. The lowest BCUT2D eigenvalue weighted by Crippen LogP contribution is -2.55. The Balaban J connectivity index is 1.67. The van der Waals surface area contributed by atoms with Crippen LogP contribution in [0.3, 0.4) is 0 Å². The molecule has 1 saturated heterocycles. The van der Waals surface area contributed by atoms with Crippen LogP contribution in [0.15, 0.2) is 48.5 Å². The van der Waals surface area contributed by atoms with Gasteiger partial charge in [-0.2, -0.15) is 0 Å². The van der Waals surface area contributed by atoms with E-state index in [0.717, 1.165) is 26.6 Å². The lowest BCUT2D eigenvalue weighted by molar-refractivity contribution is 0.236. The van der Waals surface area contributed by atoms with E-state index in [1.165, 1.54) is 74.1 Å². The summed E-state index contributed by atoms with van der Waals surface area (Å²) in [7, 11) is 0. The molecule has 2 atom stereocenters. The third-order valence-corrected chi connectivity index (χ3v) is 7.85. The molecular weight excluding hydrogens is 490 g/mol. The van der Waals surface area contributed by atoms with Gasteiger partial charge < -0.3 is 20.4 Å². The van der Waals surface area contributed by atoms with E-state index in [2.05, 4.69) is 122 Å². The van der Waals surface area contributed by atoms with Crippen LogP contribution >= 0.6 is 0 Å². The number of benzene rings is 2. The van der Waals surface area contributed by atoms with Crippen LogP contribution in [0.5, 0.6) is 0 Å². The molecule has 1 fully saturated rings. The van der Waals surface area contributed by atoms with Crippen molar-refractivity contribution >= 4 is 22.7 Å². The average molecular weight is 550 g/mol. The second-order valence-electron chi connectivity index (χ2n) is 13.1. The monoisotopic (exact) mass is 549 g/mol. The molecule has 0 bridgehead atoms. The Morgan fingerprint density at radius 3 is 1.43 bits per heavy atom. The lowest BCUT2D eigenvalue weighted by atomic mass is 10.1. The van der Waals surface area contributed by atoms with Gasteiger partial charge in [0.15, 0.2) is 0 Å². The van der Waals surface area contributed by atoms with Gasteiger partial charge in [-0.3, -0.25) is 4.90 Å². The van der Waals surface area contributed by atoms with E-state index in [9.17, 15) is 0 Å². The highest BCUT2D eigenvalue weighted by Gasteiger charge is 2.24. The topological polar surface area (TPSA) is 33.8 Å². The van der Waals surface area contributed by atoms with Gasteiger partial charge >= 0.3 is 0 Å². The van der Waals surface area contributed by atoms with Gasteiger partial charge in [0, 0.05) is 41.4 Å². The van der Waals surface area contributed by atoms with Crippen molar-refractivity contribution in [2.45, 2.75) is 112 Å². The predicted octanol–water partition coefficient (Wildman–Crippen LogP) is 9.24. The molecule has 40 heavy (non-hydrogen) atoms. The van der Waals surface area contributed by atoms with Gasteiger partial charge in [0.25, 0.3) is 0 Å². The van der Waals surface area contributed by atoms with Crippen molar-refractivity contribution in [3.05, 3.63) is 48.5 Å². The van der Waals surface area contributed by atoms with E-state index in [-0.39, 0.29) is 0 Å². The largest absolute Gasteiger partial charge is 0.383 e. The average Bonchev–Trinajstić information content (AvgIpc) is 2.90. The number of hydrogen-bond donors (Lipinski definition) is 2. The second kappa shape index (κ2) is 16.8. The number of anilines is 4. The minimum Gasteiger partial charge on any atom is -0.383 e. The maximum Gasteiger partial charge on any atom is 0.0928 e. The maximum absolute atomic E-state index is 3.68. The maximum atomic E-state index is 3.68. The molecule has 0 saturated carbocycles. The first-order valence-corrected chi connectivity index (χ1v) is 16.2. The van der Waals surface area contributed by atoms with Gasteiger partial charge in [0.05, 0.1) is 20.0 Å². The first-order chi connectivity index (χ1) is 19.2. The number of nitrogens with zero attached hydrogens (tertiary/aromatic N) is 3. The molecule has 224 valence electrons. The second-order valence-corrected chi connectivity index (χ2v) is 13.1. The van der Waals surface area contributed by atoms with Crippen molar-refractivity contribution in [3.8, 4) is 0 Å². The van der Waals surface area contributed by atoms with E-state index >= 15 is 0 Å². The van der Waals surface area contributed by atoms with Gasteiger partial charge in [-0.25, -0.2) is 0 Å². The Labute approximate surface area is 246 Å². The van der Waals surface area contributed by atoms with Crippen molar-refractivity contribution in [1.82, 2.24) is 4.90 Å². The standard InChI is InChI=1S/C35H59N5/c1-8-9-10-11-12-13-22-38-25-39(34-18-14-32(15-19-34)36-30(6)23-28(2)3)27-40(26-38)35-20-16-33(17-21-35)37-31(7)24-29(4)5/h14-21,28-31,36-37H,8-13,22-27H2,1-7H3/t30-,31?/m0/s1. The lowest BCUT2D eigenvalue weighted by Gasteiger charge is -2.44. The summed E-state index contributed by atoms with van der Waals surface area (Å²) >= 11 is 0. The molecule has 2 aromatic rings. The summed E-state index contributed by atoms with van der Waals surface area (Å²) < 4.78 is 0. The SMILES string of the molecule is CCCCCCCCN1CN(c2ccc(NC(C)CC(C)C)cc2)CN(c2ccc(N[C@@H](C)CC(C)C)cc2)C1. The Hall–Kier alpha value is -2.40. The zero-order valence-corrected chi connectivity index (χ0v) is 26.8. The number of rotatable bonds is 17. The van der Waals surface area contributed by atoms with Crippen molar-refractivity contribution in [2.24, 2.45) is 11.8 Å². The summed E-state index contributed by atoms with van der Waals surface area (Å²) in [5.74, 6) is 1.40. The third kappa shape index (κ3) is 11.2. The summed E-state index contributed by atoms with van der Waals surface area (Å²) in [4.78, 5) is 7.68. The normalized spacial score (nSPS) is 16.0. The molecule has 1 unspecified atom stereocenters. The van der Waals surface area contributed by atoms with E-state index < -0.39 is 0 Å². The molecular formula is C35H59N5. The Kier molecular flexibility index (Phi) is 13.5. The highest BCUT2D eigenvalue weighted by atomic mass is 15.5. The zero-order valence-electron chi connectivity index (χ0n) is 26.8. The first-order valence-electron chi connectivity index (χ1n) is 16.2. The molecule has 2 aromatic carbocycles. The fraction of sp³-hybridized carbons (Fsp3) is 0.657. The van der Waals surface area contributed by atoms with Gasteiger partial charge in [-0.15, -0.1) is 0 Å². The quantitative estimate of drug-likeness (QED) is 0.192. The smallest absolute Gasteiger partial charge is 0.0928 e. The van der Waals surface area contributed by atoms with Crippen LogP contribution in [0.1, 0.15) is 99.8 Å². The number of nitrogens with one attached hydrogen (secondary N) is 2. The summed E-state index contributed by atoms with van der Waals surface area (Å²) in [6.45, 7) is 20.0. The van der Waals surface area contributed by atoms with E-state index in [4.69, 9.17) is 0 Å². The molecule has 1 aliphatic rings. The molecule has 0 radical (unpaired) electrons. The van der Waals surface area contributed by atoms with E-state index in [1.807, 2.05) is 0 Å². The highest BCUT2D eigenvalue weighted by Crippen LogP contribution is 2.27. The molecule has 0 aliphatic carbocycles. The van der Waals surface area contributed by atoms with Crippen LogP contribution in [0.25, 0.3) is 0 Å². The van der Waals surface area contributed by atoms with Gasteiger partial charge in [-0.1, -0.05) is 66.7 Å². The van der Waals surface area contributed by atoms with Crippen molar-refractivity contribution in [1.29, 1.82) is 0 Å². The summed E-state index contributed by atoms with van der Waals surface area (Å²) in [5.41, 5.74) is 5.01. The van der Waals surface area contributed by atoms with Crippen LogP contribution in [0.4, 0.5) is 22.7 Å².